The van der Waals surface area contributed by atoms with Crippen LogP contribution in [0.15, 0.2) is 0 Å². The standard InChI is InChI=1S/C2H7N2O3PS/c3-4-2(5)1-8(6,7)9/h1,3H2,(H,4,5)(H2,6,7,9). The highest BCUT2D eigenvalue weighted by molar-refractivity contribution is 8.46. The number of carbonyl (C=O) groups is 1. The maximum Gasteiger partial charge on any atom is 0.261 e. The second-order valence-electron chi connectivity index (χ2n) is 1.39. The molecule has 0 saturated heterocycles. The summed E-state index contributed by atoms with van der Waals surface area (Å²) in [5.41, 5.74) is 1.70. The van der Waals surface area contributed by atoms with Gasteiger partial charge in [-0.3, -0.25) is 14.8 Å². The van der Waals surface area contributed by atoms with Crippen molar-refractivity contribution in [2.75, 3.05) is 6.16 Å². The van der Waals surface area contributed by atoms with E-state index in [2.05, 4.69) is 18.1 Å². The van der Waals surface area contributed by atoms with Gasteiger partial charge in [0.25, 0.3) is 6.57 Å². The molecule has 0 fully saturated rings. The molecule has 0 aliphatic heterocycles. The summed E-state index contributed by atoms with van der Waals surface area (Å²) in [6.07, 6.45) is -0.549. The Hall–Kier alpha value is -0.0300. The van der Waals surface area contributed by atoms with Crippen molar-refractivity contribution in [3.8, 4) is 0 Å². The van der Waals surface area contributed by atoms with Gasteiger partial charge in [0, 0.05) is 0 Å². The van der Waals surface area contributed by atoms with E-state index in [4.69, 9.17) is 4.89 Å². The molecule has 0 heterocycles. The Kier molecular flexibility index (Phi) is 3.21. The Morgan fingerprint density at radius 3 is 2.44 bits per heavy atom. The highest BCUT2D eigenvalue weighted by Gasteiger charge is 2.15. The zero-order valence-electron chi connectivity index (χ0n) is 4.44. The first kappa shape index (κ1) is 8.97. The largest absolute Gasteiger partial charge is 0.337 e. The average Bonchev–Trinajstić information content (AvgIpc) is 1.62. The van der Waals surface area contributed by atoms with Gasteiger partial charge in [0.15, 0.2) is 0 Å². The molecule has 0 saturated carbocycles. The van der Waals surface area contributed by atoms with E-state index in [9.17, 15) is 9.36 Å². The summed E-state index contributed by atoms with van der Waals surface area (Å²) >= 11 is 3.24. The van der Waals surface area contributed by atoms with Crippen molar-refractivity contribution in [1.29, 1.82) is 0 Å². The molecule has 0 aliphatic rings. The maximum atomic E-state index is 10.3. The molecule has 0 radical (unpaired) electrons. The van der Waals surface area contributed by atoms with Crippen LogP contribution in [0.3, 0.4) is 0 Å². The molecule has 0 aromatic carbocycles. The third kappa shape index (κ3) is 5.85. The Morgan fingerprint density at radius 1 is 1.89 bits per heavy atom. The molecule has 1 unspecified atom stereocenters. The van der Waals surface area contributed by atoms with Gasteiger partial charge < -0.3 is 4.89 Å². The van der Waals surface area contributed by atoms with Crippen molar-refractivity contribution in [3.05, 3.63) is 0 Å². The molecule has 1 amide bonds. The van der Waals surface area contributed by atoms with Gasteiger partial charge >= 0.3 is 0 Å². The third-order valence-corrected chi connectivity index (χ3v) is 1.63. The van der Waals surface area contributed by atoms with Crippen molar-refractivity contribution in [1.82, 2.24) is 5.43 Å². The number of hydrazine groups is 1. The van der Waals surface area contributed by atoms with Crippen molar-refractivity contribution in [3.63, 3.8) is 0 Å². The van der Waals surface area contributed by atoms with E-state index in [1.165, 1.54) is 0 Å². The minimum absolute atomic E-state index is 0.549. The first-order chi connectivity index (χ1) is 3.95. The number of hydrogen-bond acceptors (Lipinski definition) is 3. The normalized spacial score (nSPS) is 16.3. The lowest BCUT2D eigenvalue weighted by Gasteiger charge is -2.00. The topological polar surface area (TPSA) is 92.4 Å². The molecule has 4 N–H and O–H groups in total. The van der Waals surface area contributed by atoms with Crippen LogP contribution in [-0.4, -0.2) is 17.0 Å². The van der Waals surface area contributed by atoms with E-state index >= 15 is 0 Å². The quantitative estimate of drug-likeness (QED) is 0.142. The second-order valence-corrected chi connectivity index (χ2v) is 4.91. The second kappa shape index (κ2) is 3.22. The third-order valence-electron chi connectivity index (χ3n) is 0.511. The van der Waals surface area contributed by atoms with E-state index < -0.39 is 18.6 Å². The van der Waals surface area contributed by atoms with E-state index in [1.54, 1.807) is 5.43 Å². The van der Waals surface area contributed by atoms with Crippen molar-refractivity contribution in [2.45, 2.75) is 0 Å². The highest BCUT2D eigenvalue weighted by Crippen LogP contribution is 2.44. The van der Waals surface area contributed by atoms with Crippen molar-refractivity contribution >= 4 is 24.7 Å². The Bertz CT molecular complexity index is 154. The summed E-state index contributed by atoms with van der Waals surface area (Å²) in [4.78, 5) is 18.6. The predicted molar refractivity (Wildman–Crippen MR) is 36.0 cm³/mol. The molecule has 0 bridgehead atoms. The first-order valence-corrected chi connectivity index (χ1v) is 4.99. The summed E-state index contributed by atoms with van der Waals surface area (Å²) in [6.45, 7) is -3.54. The van der Waals surface area contributed by atoms with Gasteiger partial charge in [-0.2, -0.15) is 0 Å². The van der Waals surface area contributed by atoms with E-state index in [0.29, 0.717) is 0 Å². The number of amides is 1. The van der Waals surface area contributed by atoms with E-state index in [-0.39, 0.29) is 0 Å². The molecule has 7 heteroatoms. The number of nitrogens with two attached hydrogens (primary N) is 1. The van der Waals surface area contributed by atoms with E-state index in [1.807, 2.05) is 0 Å². The number of hydrogen-bond donors (Lipinski definition) is 4. The average molecular weight is 170 g/mol. The number of rotatable bonds is 2. The van der Waals surface area contributed by atoms with E-state index in [0.717, 1.165) is 0 Å². The van der Waals surface area contributed by atoms with Gasteiger partial charge in [-0.1, -0.05) is 12.2 Å². The smallest absolute Gasteiger partial charge is 0.261 e. The zero-order chi connectivity index (χ0) is 7.49. The Morgan fingerprint density at radius 2 is 2.33 bits per heavy atom. The molecule has 54 valence electrons. The van der Waals surface area contributed by atoms with Gasteiger partial charge in [-0.25, -0.2) is 5.84 Å². The van der Waals surface area contributed by atoms with Crippen LogP contribution in [0, 0.1) is 0 Å². The summed E-state index contributed by atoms with van der Waals surface area (Å²) in [5.74, 6) is 3.92. The number of thiol groups is 1. The lowest BCUT2D eigenvalue weighted by atomic mass is 10.8. The van der Waals surface area contributed by atoms with Gasteiger partial charge in [-0.15, -0.1) is 0 Å². The van der Waals surface area contributed by atoms with Gasteiger partial charge in [-0.05, 0) is 0 Å². The molecular formula is C2H7N2O3PS. The van der Waals surface area contributed by atoms with Crippen LogP contribution < -0.4 is 11.3 Å². The molecule has 1 atom stereocenters. The fourth-order valence-electron chi connectivity index (χ4n) is 0.233. The lowest BCUT2D eigenvalue weighted by molar-refractivity contribution is -0.118. The number of nitrogens with one attached hydrogen (secondary N) is 1. The monoisotopic (exact) mass is 170 g/mol. The van der Waals surface area contributed by atoms with Crippen molar-refractivity contribution < 1.29 is 14.3 Å². The Balaban J connectivity index is 3.75. The number of carbonyl (C=O) groups excluding carboxylic acids is 1. The predicted octanol–water partition coefficient (Wildman–Crippen LogP) is -0.909. The summed E-state index contributed by atoms with van der Waals surface area (Å²) in [5, 5.41) is 0. The van der Waals surface area contributed by atoms with Gasteiger partial charge in [0.05, 0.1) is 0 Å². The van der Waals surface area contributed by atoms with Crippen LogP contribution in [0.2, 0.25) is 0 Å². The lowest BCUT2D eigenvalue weighted by Crippen LogP contribution is -2.32. The fraction of sp³-hybridized carbons (Fsp3) is 0.500. The Labute approximate surface area is 57.2 Å². The first-order valence-electron chi connectivity index (χ1n) is 2.00. The molecule has 0 aromatic heterocycles. The van der Waals surface area contributed by atoms with Crippen LogP contribution in [0.1, 0.15) is 0 Å². The fourth-order valence-corrected chi connectivity index (χ4v) is 1.08. The summed E-state index contributed by atoms with van der Waals surface area (Å²) in [6, 6.07) is 0. The molecule has 0 aromatic rings. The van der Waals surface area contributed by atoms with Gasteiger partial charge in [0.1, 0.15) is 6.16 Å². The maximum absolute atomic E-state index is 10.3. The SMILES string of the molecule is NNC(=O)CP(=O)(O)S. The van der Waals surface area contributed by atoms with Crippen LogP contribution >= 0.6 is 18.8 Å². The minimum Gasteiger partial charge on any atom is -0.337 e. The van der Waals surface area contributed by atoms with Crippen LogP contribution in [0.25, 0.3) is 0 Å². The molecule has 5 nitrogen and oxygen atoms in total. The van der Waals surface area contributed by atoms with Crippen LogP contribution in [0.5, 0.6) is 0 Å². The molecular weight excluding hydrogens is 163 g/mol. The van der Waals surface area contributed by atoms with Gasteiger partial charge in [0.2, 0.25) is 5.91 Å². The molecule has 0 spiro atoms. The molecule has 9 heavy (non-hydrogen) atoms. The highest BCUT2D eigenvalue weighted by atomic mass is 32.7. The van der Waals surface area contributed by atoms with Crippen molar-refractivity contribution in [2.24, 2.45) is 5.84 Å². The summed E-state index contributed by atoms with van der Waals surface area (Å²) < 4.78 is 10.3. The molecule has 0 rings (SSSR count). The van der Waals surface area contributed by atoms with Crippen LogP contribution in [-0.2, 0) is 9.36 Å². The molecule has 0 aliphatic carbocycles. The zero-order valence-corrected chi connectivity index (χ0v) is 6.23. The minimum atomic E-state index is -3.54. The van der Waals surface area contributed by atoms with Crippen LogP contribution in [0.4, 0.5) is 0 Å². The summed E-state index contributed by atoms with van der Waals surface area (Å²) in [7, 11) is 0.